The zero-order valence-corrected chi connectivity index (χ0v) is 7.37. The SMILES string of the molecule is Cc1cc(C)cc(OP)c1. The molecule has 0 aromatic heterocycles. The second kappa shape index (κ2) is 3.03. The lowest BCUT2D eigenvalue weighted by Crippen LogP contribution is -1.79. The molecule has 0 spiro atoms. The Bertz CT molecular complexity index is 212. The molecule has 0 amide bonds. The van der Waals surface area contributed by atoms with Crippen molar-refractivity contribution in [2.45, 2.75) is 13.8 Å². The van der Waals surface area contributed by atoms with E-state index in [0.717, 1.165) is 5.75 Å². The molecule has 0 heterocycles. The third-order valence-electron chi connectivity index (χ3n) is 1.33. The first-order valence-corrected chi connectivity index (χ1v) is 3.64. The van der Waals surface area contributed by atoms with Gasteiger partial charge in [0.1, 0.15) is 5.75 Å². The summed E-state index contributed by atoms with van der Waals surface area (Å²) in [7, 11) is 2.24. The molecular weight excluding hydrogens is 143 g/mol. The Morgan fingerprint density at radius 1 is 1.10 bits per heavy atom. The van der Waals surface area contributed by atoms with Crippen molar-refractivity contribution < 1.29 is 4.52 Å². The van der Waals surface area contributed by atoms with Crippen LogP contribution in [0.15, 0.2) is 18.2 Å². The highest BCUT2D eigenvalue weighted by atomic mass is 31.0. The van der Waals surface area contributed by atoms with Gasteiger partial charge in [-0.05, 0) is 37.1 Å². The van der Waals surface area contributed by atoms with Crippen LogP contribution >= 0.6 is 9.47 Å². The average molecular weight is 154 g/mol. The summed E-state index contributed by atoms with van der Waals surface area (Å²) in [5.74, 6) is 0.905. The standard InChI is InChI=1S/C8H11OP/c1-6-3-7(2)5-8(4-6)9-10/h3-5H,10H2,1-2H3. The molecule has 0 aliphatic carbocycles. The molecule has 0 radical (unpaired) electrons. The molecule has 1 atom stereocenters. The number of benzene rings is 1. The summed E-state index contributed by atoms with van der Waals surface area (Å²) >= 11 is 0. The van der Waals surface area contributed by atoms with Crippen LogP contribution in [0.2, 0.25) is 0 Å². The van der Waals surface area contributed by atoms with Gasteiger partial charge in [0, 0.05) is 0 Å². The maximum absolute atomic E-state index is 4.99. The van der Waals surface area contributed by atoms with Gasteiger partial charge in [-0.25, -0.2) is 0 Å². The third-order valence-corrected chi connectivity index (χ3v) is 1.60. The third kappa shape index (κ3) is 1.71. The summed E-state index contributed by atoms with van der Waals surface area (Å²) in [6.07, 6.45) is 0. The van der Waals surface area contributed by atoms with Crippen LogP contribution in [0, 0.1) is 13.8 Å². The zero-order chi connectivity index (χ0) is 7.56. The lowest BCUT2D eigenvalue weighted by Gasteiger charge is -2.01. The van der Waals surface area contributed by atoms with Crippen LogP contribution in [0.3, 0.4) is 0 Å². The Morgan fingerprint density at radius 3 is 2.00 bits per heavy atom. The fourth-order valence-corrected chi connectivity index (χ4v) is 1.14. The molecule has 0 N–H and O–H groups in total. The molecule has 1 aromatic carbocycles. The van der Waals surface area contributed by atoms with Crippen LogP contribution < -0.4 is 4.52 Å². The quantitative estimate of drug-likeness (QED) is 0.564. The smallest absolute Gasteiger partial charge is 0.123 e. The van der Waals surface area contributed by atoms with Crippen molar-refractivity contribution >= 4 is 9.47 Å². The van der Waals surface area contributed by atoms with E-state index in [9.17, 15) is 0 Å². The normalized spacial score (nSPS) is 9.50. The predicted molar refractivity (Wildman–Crippen MR) is 46.3 cm³/mol. The first-order valence-electron chi connectivity index (χ1n) is 3.17. The van der Waals surface area contributed by atoms with E-state index in [1.54, 1.807) is 0 Å². The molecular formula is C8H11OP. The lowest BCUT2D eigenvalue weighted by molar-refractivity contribution is 0.644. The van der Waals surface area contributed by atoms with Crippen molar-refractivity contribution in [2.75, 3.05) is 0 Å². The number of hydrogen-bond acceptors (Lipinski definition) is 1. The van der Waals surface area contributed by atoms with Crippen LogP contribution in [-0.4, -0.2) is 0 Å². The van der Waals surface area contributed by atoms with E-state index < -0.39 is 0 Å². The highest BCUT2D eigenvalue weighted by molar-refractivity contribution is 7.10. The highest BCUT2D eigenvalue weighted by Gasteiger charge is 1.92. The van der Waals surface area contributed by atoms with Gasteiger partial charge in [-0.3, -0.25) is 0 Å². The van der Waals surface area contributed by atoms with Gasteiger partial charge in [0.15, 0.2) is 0 Å². The van der Waals surface area contributed by atoms with Crippen molar-refractivity contribution in [3.63, 3.8) is 0 Å². The van der Waals surface area contributed by atoms with Crippen LogP contribution in [-0.2, 0) is 0 Å². The molecule has 1 aromatic rings. The van der Waals surface area contributed by atoms with E-state index in [1.165, 1.54) is 11.1 Å². The first kappa shape index (κ1) is 7.56. The molecule has 1 nitrogen and oxygen atoms in total. The molecule has 0 bridgehead atoms. The summed E-state index contributed by atoms with van der Waals surface area (Å²) in [4.78, 5) is 0. The fourth-order valence-electron chi connectivity index (χ4n) is 1.00. The monoisotopic (exact) mass is 154 g/mol. The minimum atomic E-state index is 0.905. The van der Waals surface area contributed by atoms with Crippen LogP contribution in [0.5, 0.6) is 5.75 Å². The van der Waals surface area contributed by atoms with Gasteiger partial charge in [-0.2, -0.15) is 0 Å². The van der Waals surface area contributed by atoms with E-state index in [-0.39, 0.29) is 0 Å². The van der Waals surface area contributed by atoms with Crippen molar-refractivity contribution in [1.29, 1.82) is 0 Å². The summed E-state index contributed by atoms with van der Waals surface area (Å²) in [6, 6.07) is 6.12. The van der Waals surface area contributed by atoms with Gasteiger partial charge in [-0.15, -0.1) is 0 Å². The van der Waals surface area contributed by atoms with Crippen molar-refractivity contribution in [2.24, 2.45) is 0 Å². The predicted octanol–water partition coefficient (Wildman–Crippen LogP) is 2.47. The molecule has 0 saturated carbocycles. The summed E-state index contributed by atoms with van der Waals surface area (Å²) in [5, 5.41) is 0. The second-order valence-electron chi connectivity index (χ2n) is 2.44. The second-order valence-corrected chi connectivity index (χ2v) is 2.68. The maximum atomic E-state index is 4.99. The Balaban J connectivity index is 3.06. The molecule has 0 aliphatic heterocycles. The minimum Gasteiger partial charge on any atom is -0.480 e. The van der Waals surface area contributed by atoms with E-state index in [4.69, 9.17) is 4.52 Å². The molecule has 2 heteroatoms. The Morgan fingerprint density at radius 2 is 1.60 bits per heavy atom. The molecule has 10 heavy (non-hydrogen) atoms. The Kier molecular flexibility index (Phi) is 2.29. The van der Waals surface area contributed by atoms with Gasteiger partial charge >= 0.3 is 0 Å². The van der Waals surface area contributed by atoms with E-state index >= 15 is 0 Å². The van der Waals surface area contributed by atoms with Gasteiger partial charge in [0.2, 0.25) is 0 Å². The minimum absolute atomic E-state index is 0.905. The zero-order valence-electron chi connectivity index (χ0n) is 6.22. The largest absolute Gasteiger partial charge is 0.480 e. The Hall–Kier alpha value is -0.550. The van der Waals surface area contributed by atoms with Crippen molar-refractivity contribution in [1.82, 2.24) is 0 Å². The first-order chi connectivity index (χ1) is 4.72. The lowest BCUT2D eigenvalue weighted by atomic mass is 10.1. The van der Waals surface area contributed by atoms with Crippen LogP contribution in [0.1, 0.15) is 11.1 Å². The van der Waals surface area contributed by atoms with E-state index in [0.29, 0.717) is 0 Å². The van der Waals surface area contributed by atoms with Crippen molar-refractivity contribution in [3.05, 3.63) is 29.3 Å². The number of hydrogen-bond donors (Lipinski definition) is 0. The van der Waals surface area contributed by atoms with E-state index in [2.05, 4.69) is 29.4 Å². The fraction of sp³-hybridized carbons (Fsp3) is 0.250. The van der Waals surface area contributed by atoms with Crippen LogP contribution in [0.4, 0.5) is 0 Å². The summed E-state index contributed by atoms with van der Waals surface area (Å²) < 4.78 is 4.99. The molecule has 0 aliphatic rings. The average Bonchev–Trinajstić information content (AvgIpc) is 1.85. The van der Waals surface area contributed by atoms with Crippen LogP contribution in [0.25, 0.3) is 0 Å². The number of aryl methyl sites for hydroxylation is 2. The maximum Gasteiger partial charge on any atom is 0.123 e. The highest BCUT2D eigenvalue weighted by Crippen LogP contribution is 2.17. The van der Waals surface area contributed by atoms with Gasteiger partial charge in [-0.1, -0.05) is 6.07 Å². The molecule has 1 rings (SSSR count). The molecule has 0 fully saturated rings. The van der Waals surface area contributed by atoms with Gasteiger partial charge in [0.05, 0.1) is 9.47 Å². The molecule has 54 valence electrons. The molecule has 0 saturated heterocycles. The van der Waals surface area contributed by atoms with Gasteiger partial charge in [0.25, 0.3) is 0 Å². The summed E-state index contributed by atoms with van der Waals surface area (Å²) in [5.41, 5.74) is 2.47. The summed E-state index contributed by atoms with van der Waals surface area (Å²) in [6.45, 7) is 4.11. The Labute approximate surface area is 63.7 Å². The molecule has 1 unspecified atom stereocenters. The number of rotatable bonds is 1. The topological polar surface area (TPSA) is 9.23 Å². The van der Waals surface area contributed by atoms with E-state index in [1.807, 2.05) is 12.1 Å². The van der Waals surface area contributed by atoms with Crippen molar-refractivity contribution in [3.8, 4) is 5.75 Å². The van der Waals surface area contributed by atoms with Gasteiger partial charge < -0.3 is 4.52 Å².